The van der Waals surface area contributed by atoms with Gasteiger partial charge in [-0.05, 0) is 35.7 Å². The molecular formula is C11H9BrClN3S. The van der Waals surface area contributed by atoms with Gasteiger partial charge in [-0.2, -0.15) is 0 Å². The van der Waals surface area contributed by atoms with Crippen molar-refractivity contribution in [1.82, 2.24) is 15.0 Å². The third-order valence-electron chi connectivity index (χ3n) is 2.61. The molecule has 0 unspecified atom stereocenters. The normalized spacial score (nSPS) is 15.2. The average Bonchev–Trinajstić information content (AvgIpc) is 3.05. The minimum atomic E-state index is 0.477. The van der Waals surface area contributed by atoms with E-state index in [0.717, 1.165) is 20.9 Å². The zero-order chi connectivity index (χ0) is 12.0. The molecule has 1 saturated carbocycles. The first-order valence-electron chi connectivity index (χ1n) is 5.30. The number of halogens is 2. The highest BCUT2D eigenvalue weighted by molar-refractivity contribution is 9.10. The highest BCUT2D eigenvalue weighted by Gasteiger charge is 2.29. The number of nitrogens with zero attached hydrogens (tertiary/aromatic N) is 3. The number of thiazole rings is 1. The van der Waals surface area contributed by atoms with Gasteiger partial charge in [-0.15, -0.1) is 11.3 Å². The molecular weight excluding hydrogens is 322 g/mol. The predicted octanol–water partition coefficient (Wildman–Crippen LogP) is 4.20. The van der Waals surface area contributed by atoms with Crippen molar-refractivity contribution in [2.45, 2.75) is 25.7 Å². The molecule has 3 rings (SSSR count). The Labute approximate surface area is 116 Å². The summed E-state index contributed by atoms with van der Waals surface area (Å²) in [4.78, 5) is 13.3. The maximum absolute atomic E-state index is 6.13. The van der Waals surface area contributed by atoms with Crippen molar-refractivity contribution in [1.29, 1.82) is 0 Å². The zero-order valence-electron chi connectivity index (χ0n) is 9.07. The molecule has 2 aromatic heterocycles. The summed E-state index contributed by atoms with van der Waals surface area (Å²) in [7, 11) is 0. The summed E-state index contributed by atoms with van der Waals surface area (Å²) < 4.78 is 0.832. The van der Waals surface area contributed by atoms with Crippen molar-refractivity contribution in [3.63, 3.8) is 0 Å². The van der Waals surface area contributed by atoms with Gasteiger partial charge in [-0.25, -0.2) is 15.0 Å². The maximum atomic E-state index is 6.13. The van der Waals surface area contributed by atoms with E-state index in [4.69, 9.17) is 11.6 Å². The van der Waals surface area contributed by atoms with Crippen LogP contribution in [0.2, 0.25) is 5.15 Å². The Morgan fingerprint density at radius 1 is 1.35 bits per heavy atom. The average molecular weight is 331 g/mol. The van der Waals surface area contributed by atoms with E-state index in [2.05, 4.69) is 30.9 Å². The van der Waals surface area contributed by atoms with Crippen LogP contribution in [0.3, 0.4) is 0 Å². The first kappa shape index (κ1) is 11.6. The number of aryl methyl sites for hydroxylation is 1. The molecule has 1 fully saturated rings. The molecule has 0 aromatic carbocycles. The molecule has 0 radical (unpaired) electrons. The minimum absolute atomic E-state index is 0.477. The molecule has 0 spiro atoms. The lowest BCUT2D eigenvalue weighted by molar-refractivity contribution is 0.976. The van der Waals surface area contributed by atoms with Crippen molar-refractivity contribution >= 4 is 38.9 Å². The number of aromatic nitrogens is 3. The number of rotatable bonds is 2. The van der Waals surface area contributed by atoms with Crippen molar-refractivity contribution in [2.24, 2.45) is 0 Å². The van der Waals surface area contributed by atoms with Crippen LogP contribution >= 0.6 is 38.9 Å². The van der Waals surface area contributed by atoms with E-state index in [1.54, 1.807) is 11.3 Å². The largest absolute Gasteiger partial charge is 0.238 e. The minimum Gasteiger partial charge on any atom is -0.238 e. The number of hydrogen-bond acceptors (Lipinski definition) is 4. The third-order valence-corrected chi connectivity index (χ3v) is 4.85. The molecule has 2 aromatic rings. The lowest BCUT2D eigenvalue weighted by Crippen LogP contribution is -1.97. The molecule has 2 heterocycles. The molecule has 1 aliphatic rings. The Balaban J connectivity index is 2.11. The van der Waals surface area contributed by atoms with Crippen molar-refractivity contribution < 1.29 is 0 Å². The first-order valence-corrected chi connectivity index (χ1v) is 7.35. The van der Waals surface area contributed by atoms with Crippen LogP contribution in [0.1, 0.15) is 30.1 Å². The van der Waals surface area contributed by atoms with Gasteiger partial charge in [0.2, 0.25) is 0 Å². The fraction of sp³-hybridized carbons (Fsp3) is 0.364. The molecule has 0 bridgehead atoms. The van der Waals surface area contributed by atoms with Gasteiger partial charge in [-0.1, -0.05) is 11.6 Å². The summed E-state index contributed by atoms with van der Waals surface area (Å²) in [6, 6.07) is 0. The van der Waals surface area contributed by atoms with Gasteiger partial charge in [0, 0.05) is 17.0 Å². The highest BCUT2D eigenvalue weighted by Crippen LogP contribution is 2.44. The molecule has 0 amide bonds. The van der Waals surface area contributed by atoms with Gasteiger partial charge < -0.3 is 0 Å². The quantitative estimate of drug-likeness (QED) is 0.775. The fourth-order valence-electron chi connectivity index (χ4n) is 1.62. The van der Waals surface area contributed by atoms with E-state index in [9.17, 15) is 0 Å². The molecule has 1 aliphatic carbocycles. The van der Waals surface area contributed by atoms with E-state index in [1.807, 2.05) is 12.3 Å². The smallest absolute Gasteiger partial charge is 0.190 e. The first-order chi connectivity index (χ1) is 8.15. The van der Waals surface area contributed by atoms with Gasteiger partial charge in [0.15, 0.2) is 10.8 Å². The maximum Gasteiger partial charge on any atom is 0.190 e. The monoisotopic (exact) mass is 329 g/mol. The second kappa shape index (κ2) is 4.30. The van der Waals surface area contributed by atoms with Crippen LogP contribution in [0.15, 0.2) is 9.85 Å². The molecule has 0 saturated heterocycles. The van der Waals surface area contributed by atoms with Gasteiger partial charge in [0.25, 0.3) is 0 Å². The Morgan fingerprint density at radius 3 is 2.71 bits per heavy atom. The predicted molar refractivity (Wildman–Crippen MR) is 72.6 cm³/mol. The summed E-state index contributed by atoms with van der Waals surface area (Å²) in [6.45, 7) is 1.96. The second-order valence-corrected chi connectivity index (χ2v) is 6.11. The third kappa shape index (κ3) is 2.23. The Morgan fingerprint density at radius 2 is 2.12 bits per heavy atom. The van der Waals surface area contributed by atoms with Gasteiger partial charge >= 0.3 is 0 Å². The molecule has 88 valence electrons. The molecule has 0 N–H and O–H groups in total. The molecule has 0 atom stereocenters. The SMILES string of the molecule is Cc1csc(-c2nc(Cl)c(Br)c(C3CC3)n2)n1. The topological polar surface area (TPSA) is 38.7 Å². The van der Waals surface area contributed by atoms with E-state index >= 15 is 0 Å². The van der Waals surface area contributed by atoms with Gasteiger partial charge in [0.1, 0.15) is 5.15 Å². The molecule has 17 heavy (non-hydrogen) atoms. The van der Waals surface area contributed by atoms with Crippen molar-refractivity contribution in [3.05, 3.63) is 26.4 Å². The summed E-state index contributed by atoms with van der Waals surface area (Å²) in [6.07, 6.45) is 2.37. The molecule has 0 aliphatic heterocycles. The van der Waals surface area contributed by atoms with E-state index in [-0.39, 0.29) is 0 Å². The van der Waals surface area contributed by atoms with Crippen LogP contribution in [0.25, 0.3) is 10.8 Å². The Bertz CT molecular complexity index is 580. The van der Waals surface area contributed by atoms with Crippen molar-refractivity contribution in [3.8, 4) is 10.8 Å². The van der Waals surface area contributed by atoms with Crippen LogP contribution < -0.4 is 0 Å². The summed E-state index contributed by atoms with van der Waals surface area (Å²) >= 11 is 11.1. The van der Waals surface area contributed by atoms with E-state index < -0.39 is 0 Å². The summed E-state index contributed by atoms with van der Waals surface area (Å²) in [5.74, 6) is 1.17. The molecule has 6 heteroatoms. The lowest BCUT2D eigenvalue weighted by Gasteiger charge is -2.05. The highest BCUT2D eigenvalue weighted by atomic mass is 79.9. The van der Waals surface area contributed by atoms with Crippen LogP contribution in [0.5, 0.6) is 0 Å². The zero-order valence-corrected chi connectivity index (χ0v) is 12.2. The second-order valence-electron chi connectivity index (χ2n) is 4.11. The summed E-state index contributed by atoms with van der Waals surface area (Å²) in [5.41, 5.74) is 2.01. The Hall–Kier alpha value is -0.520. The van der Waals surface area contributed by atoms with Gasteiger partial charge in [0.05, 0.1) is 10.2 Å². The van der Waals surface area contributed by atoms with Gasteiger partial charge in [-0.3, -0.25) is 0 Å². The number of hydrogen-bond donors (Lipinski definition) is 0. The summed E-state index contributed by atoms with van der Waals surface area (Å²) in [5, 5.41) is 3.30. The van der Waals surface area contributed by atoms with Crippen LogP contribution in [0.4, 0.5) is 0 Å². The van der Waals surface area contributed by atoms with Crippen LogP contribution in [0, 0.1) is 6.92 Å². The van der Waals surface area contributed by atoms with E-state index in [1.165, 1.54) is 12.8 Å². The van der Waals surface area contributed by atoms with Crippen molar-refractivity contribution in [2.75, 3.05) is 0 Å². The lowest BCUT2D eigenvalue weighted by atomic mass is 10.3. The molecule has 3 nitrogen and oxygen atoms in total. The van der Waals surface area contributed by atoms with E-state index in [0.29, 0.717) is 16.9 Å². The fourth-order valence-corrected chi connectivity index (χ4v) is 3.02. The van der Waals surface area contributed by atoms with Crippen LogP contribution in [-0.4, -0.2) is 15.0 Å². The standard InChI is InChI=1S/C11H9BrClN3S/c1-5-4-17-11(14-5)10-15-8(6-2-3-6)7(12)9(13)16-10/h4,6H,2-3H2,1H3. The Kier molecular flexibility index (Phi) is 2.92. The van der Waals surface area contributed by atoms with Crippen LogP contribution in [-0.2, 0) is 0 Å².